The summed E-state index contributed by atoms with van der Waals surface area (Å²) in [6.45, 7) is 0.667. The van der Waals surface area contributed by atoms with Gasteiger partial charge in [-0.05, 0) is 11.6 Å². The van der Waals surface area contributed by atoms with E-state index in [2.05, 4.69) is 9.97 Å². The molecule has 0 fully saturated rings. The normalized spacial score (nSPS) is 10.4. The van der Waals surface area contributed by atoms with Crippen LogP contribution in [0.1, 0.15) is 11.1 Å². The second kappa shape index (κ2) is 6.03. The highest BCUT2D eigenvalue weighted by Crippen LogP contribution is 2.18. The van der Waals surface area contributed by atoms with Crippen LogP contribution >= 0.6 is 23.2 Å². The molecule has 0 N–H and O–H groups in total. The summed E-state index contributed by atoms with van der Waals surface area (Å²) in [5.74, 6) is 1.08. The zero-order valence-corrected chi connectivity index (χ0v) is 11.5. The molecule has 94 valence electrons. The molecule has 0 aliphatic carbocycles. The van der Waals surface area contributed by atoms with E-state index in [0.29, 0.717) is 18.4 Å². The van der Waals surface area contributed by atoms with E-state index < -0.39 is 0 Å². The summed E-state index contributed by atoms with van der Waals surface area (Å²) in [5, 5.41) is 0.752. The van der Waals surface area contributed by atoms with Gasteiger partial charge in [0.05, 0.1) is 5.88 Å². The fourth-order valence-electron chi connectivity index (χ4n) is 1.57. The molecule has 1 aromatic carbocycles. The average Bonchev–Trinajstić information content (AvgIpc) is 2.41. The van der Waals surface area contributed by atoms with Crippen LogP contribution < -0.4 is 4.90 Å². The van der Waals surface area contributed by atoms with E-state index in [1.807, 2.05) is 36.2 Å². The van der Waals surface area contributed by atoms with Gasteiger partial charge in [0.1, 0.15) is 0 Å². The summed E-state index contributed by atoms with van der Waals surface area (Å²) in [5.41, 5.74) is 1.96. The molecule has 5 heteroatoms. The molecule has 0 aliphatic rings. The Balaban J connectivity index is 2.11. The minimum absolute atomic E-state index is 0.425. The van der Waals surface area contributed by atoms with Crippen molar-refractivity contribution in [1.82, 2.24) is 9.97 Å². The highest BCUT2D eigenvalue weighted by molar-refractivity contribution is 6.31. The topological polar surface area (TPSA) is 29.0 Å². The number of benzene rings is 1. The van der Waals surface area contributed by atoms with Crippen molar-refractivity contribution in [2.24, 2.45) is 0 Å². The predicted octanol–water partition coefficient (Wildman–Crippen LogP) is 3.51. The Kier molecular flexibility index (Phi) is 4.39. The zero-order chi connectivity index (χ0) is 13.0. The fourth-order valence-corrected chi connectivity index (χ4v) is 1.90. The molecule has 3 nitrogen and oxygen atoms in total. The Morgan fingerprint density at radius 2 is 1.83 bits per heavy atom. The van der Waals surface area contributed by atoms with Gasteiger partial charge in [-0.2, -0.15) is 0 Å². The minimum atomic E-state index is 0.425. The molecule has 0 unspecified atom stereocenters. The van der Waals surface area contributed by atoms with Gasteiger partial charge in [0.25, 0.3) is 0 Å². The number of anilines is 1. The largest absolute Gasteiger partial charge is 0.340 e. The number of nitrogens with zero attached hydrogens (tertiary/aromatic N) is 3. The molecule has 1 aromatic heterocycles. The van der Waals surface area contributed by atoms with E-state index >= 15 is 0 Å². The van der Waals surface area contributed by atoms with E-state index in [9.17, 15) is 0 Å². The number of alkyl halides is 1. The van der Waals surface area contributed by atoms with Crippen molar-refractivity contribution in [3.05, 3.63) is 52.8 Å². The summed E-state index contributed by atoms with van der Waals surface area (Å²) >= 11 is 11.8. The average molecular weight is 282 g/mol. The molecular weight excluding hydrogens is 269 g/mol. The number of halogens is 2. The summed E-state index contributed by atoms with van der Waals surface area (Å²) in [6.07, 6.45) is 3.47. The van der Waals surface area contributed by atoms with Gasteiger partial charge in [0.15, 0.2) is 0 Å². The van der Waals surface area contributed by atoms with E-state index in [4.69, 9.17) is 23.2 Å². The molecular formula is C13H13Cl2N3. The predicted molar refractivity (Wildman–Crippen MR) is 75.1 cm³/mol. The van der Waals surface area contributed by atoms with Crippen LogP contribution in [0.4, 0.5) is 5.95 Å². The minimum Gasteiger partial charge on any atom is -0.340 e. The SMILES string of the molecule is CN(Cc1ccccc1Cl)c1ncc(CCl)cn1. The molecule has 0 atom stereocenters. The van der Waals surface area contributed by atoms with Crippen molar-refractivity contribution in [3.63, 3.8) is 0 Å². The van der Waals surface area contributed by atoms with Gasteiger partial charge in [-0.15, -0.1) is 11.6 Å². The molecule has 0 aliphatic heterocycles. The van der Waals surface area contributed by atoms with Gasteiger partial charge >= 0.3 is 0 Å². The van der Waals surface area contributed by atoms with Crippen LogP contribution in [-0.4, -0.2) is 17.0 Å². The lowest BCUT2D eigenvalue weighted by Crippen LogP contribution is -2.19. The molecule has 2 aromatic rings. The first kappa shape index (κ1) is 13.1. The van der Waals surface area contributed by atoms with Gasteiger partial charge in [-0.25, -0.2) is 9.97 Å². The monoisotopic (exact) mass is 281 g/mol. The maximum Gasteiger partial charge on any atom is 0.225 e. The number of hydrogen-bond acceptors (Lipinski definition) is 3. The first-order valence-electron chi connectivity index (χ1n) is 5.52. The van der Waals surface area contributed by atoms with E-state index in [0.717, 1.165) is 16.1 Å². The third-order valence-electron chi connectivity index (χ3n) is 2.55. The maximum atomic E-state index is 6.12. The second-order valence-corrected chi connectivity index (χ2v) is 4.65. The Morgan fingerprint density at radius 1 is 1.17 bits per heavy atom. The Morgan fingerprint density at radius 3 is 2.44 bits per heavy atom. The van der Waals surface area contributed by atoms with Crippen LogP contribution in [0.15, 0.2) is 36.7 Å². The summed E-state index contributed by atoms with van der Waals surface area (Å²) in [6, 6.07) is 7.75. The van der Waals surface area contributed by atoms with Gasteiger partial charge in [0.2, 0.25) is 5.95 Å². The third-order valence-corrected chi connectivity index (χ3v) is 3.23. The Bertz CT molecular complexity index is 514. The van der Waals surface area contributed by atoms with Gasteiger partial charge < -0.3 is 4.90 Å². The molecule has 0 bridgehead atoms. The van der Waals surface area contributed by atoms with Crippen LogP contribution in [-0.2, 0) is 12.4 Å². The lowest BCUT2D eigenvalue weighted by atomic mass is 10.2. The smallest absolute Gasteiger partial charge is 0.225 e. The van der Waals surface area contributed by atoms with Gasteiger partial charge in [-0.3, -0.25) is 0 Å². The standard InChI is InChI=1S/C13H13Cl2N3/c1-18(9-11-4-2-3-5-12(11)15)13-16-7-10(6-14)8-17-13/h2-5,7-8H,6,9H2,1H3. The Hall–Kier alpha value is -1.32. The first-order valence-corrected chi connectivity index (χ1v) is 6.43. The van der Waals surface area contributed by atoms with E-state index in [1.165, 1.54) is 0 Å². The summed E-state index contributed by atoms with van der Waals surface area (Å²) in [4.78, 5) is 10.5. The van der Waals surface area contributed by atoms with Crippen LogP contribution in [0.5, 0.6) is 0 Å². The van der Waals surface area contributed by atoms with Crippen LogP contribution in [0.3, 0.4) is 0 Å². The van der Waals surface area contributed by atoms with Crippen molar-refractivity contribution in [2.75, 3.05) is 11.9 Å². The molecule has 1 heterocycles. The number of hydrogen-bond donors (Lipinski definition) is 0. The molecule has 0 saturated heterocycles. The van der Waals surface area contributed by atoms with Crippen molar-refractivity contribution in [1.29, 1.82) is 0 Å². The summed E-state index contributed by atoms with van der Waals surface area (Å²) in [7, 11) is 1.93. The van der Waals surface area contributed by atoms with Crippen LogP contribution in [0, 0.1) is 0 Å². The fraction of sp³-hybridized carbons (Fsp3) is 0.231. The first-order chi connectivity index (χ1) is 8.70. The van der Waals surface area contributed by atoms with Gasteiger partial charge in [-0.1, -0.05) is 29.8 Å². The van der Waals surface area contributed by atoms with E-state index in [-0.39, 0.29) is 0 Å². The molecule has 0 spiro atoms. The van der Waals surface area contributed by atoms with Crippen LogP contribution in [0.25, 0.3) is 0 Å². The molecule has 18 heavy (non-hydrogen) atoms. The van der Waals surface area contributed by atoms with Crippen molar-refractivity contribution in [3.8, 4) is 0 Å². The molecule has 0 saturated carbocycles. The highest BCUT2D eigenvalue weighted by atomic mass is 35.5. The third kappa shape index (κ3) is 3.12. The molecule has 0 radical (unpaired) electrons. The van der Waals surface area contributed by atoms with Crippen molar-refractivity contribution < 1.29 is 0 Å². The number of aromatic nitrogens is 2. The van der Waals surface area contributed by atoms with Crippen LogP contribution in [0.2, 0.25) is 5.02 Å². The van der Waals surface area contributed by atoms with E-state index in [1.54, 1.807) is 12.4 Å². The second-order valence-electron chi connectivity index (χ2n) is 3.97. The van der Waals surface area contributed by atoms with Crippen molar-refractivity contribution >= 4 is 29.2 Å². The Labute approximate surface area is 116 Å². The lowest BCUT2D eigenvalue weighted by Gasteiger charge is -2.17. The quantitative estimate of drug-likeness (QED) is 0.804. The lowest BCUT2D eigenvalue weighted by molar-refractivity contribution is 0.863. The van der Waals surface area contributed by atoms with Gasteiger partial charge in [0, 0.05) is 36.6 Å². The molecule has 2 rings (SSSR count). The molecule has 0 amide bonds. The maximum absolute atomic E-state index is 6.12. The highest BCUT2D eigenvalue weighted by Gasteiger charge is 2.07. The number of rotatable bonds is 4. The summed E-state index contributed by atoms with van der Waals surface area (Å²) < 4.78 is 0. The van der Waals surface area contributed by atoms with Crippen molar-refractivity contribution in [2.45, 2.75) is 12.4 Å². The zero-order valence-electron chi connectivity index (χ0n) is 9.98.